The summed E-state index contributed by atoms with van der Waals surface area (Å²) in [7, 11) is 0. The van der Waals surface area contributed by atoms with Crippen LogP contribution in [-0.2, 0) is 6.42 Å². The Labute approximate surface area is 110 Å². The van der Waals surface area contributed by atoms with E-state index in [4.69, 9.17) is 12.2 Å². The highest BCUT2D eigenvalue weighted by Crippen LogP contribution is 2.16. The van der Waals surface area contributed by atoms with Crippen molar-refractivity contribution >= 4 is 17.9 Å². The van der Waals surface area contributed by atoms with E-state index in [1.165, 1.54) is 0 Å². The SMILES string of the molecule is CCc1n[nH]c(=S)n1/N=C(/C)c1ccccc1O. The Hall–Kier alpha value is -1.95. The molecular weight excluding hydrogens is 248 g/mol. The van der Waals surface area contributed by atoms with Crippen molar-refractivity contribution in [3.63, 3.8) is 0 Å². The third-order valence-electron chi connectivity index (χ3n) is 2.58. The minimum Gasteiger partial charge on any atom is -0.507 e. The van der Waals surface area contributed by atoms with Gasteiger partial charge in [0, 0.05) is 12.0 Å². The lowest BCUT2D eigenvalue weighted by Gasteiger charge is -2.04. The third kappa shape index (κ3) is 2.33. The van der Waals surface area contributed by atoms with Crippen molar-refractivity contribution in [3.8, 4) is 5.75 Å². The number of phenols is 1. The molecule has 0 fully saturated rings. The number of para-hydroxylation sites is 1. The lowest BCUT2D eigenvalue weighted by atomic mass is 10.1. The van der Waals surface area contributed by atoms with Crippen molar-refractivity contribution in [2.45, 2.75) is 20.3 Å². The molecule has 0 saturated carbocycles. The van der Waals surface area contributed by atoms with Gasteiger partial charge in [0.2, 0.25) is 4.77 Å². The van der Waals surface area contributed by atoms with Gasteiger partial charge in [-0.3, -0.25) is 5.10 Å². The first kappa shape index (κ1) is 12.5. The number of nitrogens with zero attached hydrogens (tertiary/aromatic N) is 3. The van der Waals surface area contributed by atoms with Crippen molar-refractivity contribution < 1.29 is 5.11 Å². The standard InChI is InChI=1S/C12H14N4OS/c1-3-11-13-14-12(18)16(11)15-8(2)9-6-4-5-7-10(9)17/h4-7,17H,3H2,1-2H3,(H,14,18)/b15-8-. The summed E-state index contributed by atoms with van der Waals surface area (Å²) in [5.41, 5.74) is 1.36. The molecule has 2 rings (SSSR count). The maximum atomic E-state index is 9.77. The number of nitrogens with one attached hydrogen (secondary N) is 1. The second-order valence-electron chi connectivity index (χ2n) is 3.81. The number of aromatic nitrogens is 3. The number of H-pyrrole nitrogens is 1. The highest BCUT2D eigenvalue weighted by Gasteiger charge is 2.06. The molecule has 94 valence electrons. The summed E-state index contributed by atoms with van der Waals surface area (Å²) in [6.45, 7) is 3.80. The van der Waals surface area contributed by atoms with Gasteiger partial charge in [0.1, 0.15) is 5.75 Å². The molecule has 0 aliphatic heterocycles. The number of aryl methyl sites for hydroxylation is 1. The van der Waals surface area contributed by atoms with Crippen molar-refractivity contribution in [1.82, 2.24) is 14.9 Å². The van der Waals surface area contributed by atoms with Gasteiger partial charge in [-0.1, -0.05) is 19.1 Å². The Morgan fingerprint density at radius 2 is 2.22 bits per heavy atom. The van der Waals surface area contributed by atoms with Gasteiger partial charge in [-0.2, -0.15) is 14.9 Å². The molecule has 0 bridgehead atoms. The van der Waals surface area contributed by atoms with Crippen LogP contribution in [0.5, 0.6) is 5.75 Å². The van der Waals surface area contributed by atoms with Crippen LogP contribution in [0.2, 0.25) is 0 Å². The van der Waals surface area contributed by atoms with E-state index in [2.05, 4.69) is 15.3 Å². The summed E-state index contributed by atoms with van der Waals surface area (Å²) in [4.78, 5) is 0. The first-order valence-corrected chi connectivity index (χ1v) is 6.04. The molecule has 0 aliphatic rings. The maximum Gasteiger partial charge on any atom is 0.216 e. The second-order valence-corrected chi connectivity index (χ2v) is 4.20. The summed E-state index contributed by atoms with van der Waals surface area (Å²) in [5, 5.41) is 20.9. The van der Waals surface area contributed by atoms with Gasteiger partial charge >= 0.3 is 0 Å². The van der Waals surface area contributed by atoms with E-state index in [9.17, 15) is 5.11 Å². The molecule has 0 radical (unpaired) electrons. The molecule has 2 N–H and O–H groups in total. The molecule has 0 saturated heterocycles. The first-order valence-electron chi connectivity index (χ1n) is 5.63. The Kier molecular flexibility index (Phi) is 3.57. The van der Waals surface area contributed by atoms with E-state index in [0.29, 0.717) is 16.0 Å². The number of aromatic hydroxyl groups is 1. The molecule has 6 heteroatoms. The fourth-order valence-electron chi connectivity index (χ4n) is 1.64. The van der Waals surface area contributed by atoms with Crippen LogP contribution in [-0.4, -0.2) is 25.7 Å². The van der Waals surface area contributed by atoms with Crippen LogP contribution >= 0.6 is 12.2 Å². The lowest BCUT2D eigenvalue weighted by Crippen LogP contribution is -2.03. The summed E-state index contributed by atoms with van der Waals surface area (Å²) in [5.74, 6) is 0.960. The van der Waals surface area contributed by atoms with Crippen LogP contribution < -0.4 is 0 Å². The van der Waals surface area contributed by atoms with E-state index in [1.807, 2.05) is 26.0 Å². The molecule has 1 aromatic heterocycles. The van der Waals surface area contributed by atoms with Gasteiger partial charge in [0.05, 0.1) is 5.71 Å². The minimum absolute atomic E-state index is 0.201. The largest absolute Gasteiger partial charge is 0.507 e. The molecule has 1 heterocycles. The van der Waals surface area contributed by atoms with Crippen LogP contribution in [0.15, 0.2) is 29.4 Å². The Balaban J connectivity index is 2.48. The van der Waals surface area contributed by atoms with Crippen molar-refractivity contribution in [2.75, 3.05) is 0 Å². The van der Waals surface area contributed by atoms with Crippen molar-refractivity contribution in [1.29, 1.82) is 0 Å². The molecule has 0 atom stereocenters. The molecule has 0 aliphatic carbocycles. The molecular formula is C12H14N4OS. The number of hydrogen-bond donors (Lipinski definition) is 2. The number of benzene rings is 1. The van der Waals surface area contributed by atoms with Crippen molar-refractivity contribution in [2.24, 2.45) is 5.10 Å². The topological polar surface area (TPSA) is 66.2 Å². The number of phenolic OH excluding ortho intramolecular Hbond substituents is 1. The van der Waals surface area contributed by atoms with E-state index < -0.39 is 0 Å². The molecule has 5 nitrogen and oxygen atoms in total. The highest BCUT2D eigenvalue weighted by molar-refractivity contribution is 7.71. The zero-order valence-electron chi connectivity index (χ0n) is 10.2. The zero-order valence-corrected chi connectivity index (χ0v) is 11.0. The molecule has 0 unspecified atom stereocenters. The van der Waals surface area contributed by atoms with Crippen LogP contribution in [0.25, 0.3) is 0 Å². The van der Waals surface area contributed by atoms with E-state index in [-0.39, 0.29) is 5.75 Å². The van der Waals surface area contributed by atoms with Gasteiger partial charge < -0.3 is 5.11 Å². The van der Waals surface area contributed by atoms with E-state index in [1.54, 1.807) is 16.8 Å². The Bertz CT molecular complexity index is 642. The highest BCUT2D eigenvalue weighted by atomic mass is 32.1. The quantitative estimate of drug-likeness (QED) is 0.659. The second kappa shape index (κ2) is 5.14. The molecule has 2 aromatic rings. The van der Waals surface area contributed by atoms with Crippen LogP contribution in [0.1, 0.15) is 25.2 Å². The van der Waals surface area contributed by atoms with Gasteiger partial charge in [-0.05, 0) is 31.3 Å². The fourth-order valence-corrected chi connectivity index (χ4v) is 1.83. The van der Waals surface area contributed by atoms with Gasteiger partial charge in [0.15, 0.2) is 5.82 Å². The summed E-state index contributed by atoms with van der Waals surface area (Å²) in [6, 6.07) is 7.06. The Morgan fingerprint density at radius 3 is 2.89 bits per heavy atom. The number of rotatable bonds is 3. The smallest absolute Gasteiger partial charge is 0.216 e. The number of hydrogen-bond acceptors (Lipinski definition) is 4. The summed E-state index contributed by atoms with van der Waals surface area (Å²) in [6.07, 6.45) is 0.727. The predicted molar refractivity (Wildman–Crippen MR) is 72.5 cm³/mol. The predicted octanol–water partition coefficient (Wildman–Crippen LogP) is 2.48. The first-order chi connectivity index (χ1) is 8.63. The summed E-state index contributed by atoms with van der Waals surface area (Å²) >= 11 is 5.12. The Morgan fingerprint density at radius 1 is 1.50 bits per heavy atom. The number of aromatic amines is 1. The monoisotopic (exact) mass is 262 g/mol. The van der Waals surface area contributed by atoms with Gasteiger partial charge in [-0.25, -0.2) is 0 Å². The average molecular weight is 262 g/mol. The molecule has 1 aromatic carbocycles. The third-order valence-corrected chi connectivity index (χ3v) is 2.84. The van der Waals surface area contributed by atoms with E-state index >= 15 is 0 Å². The minimum atomic E-state index is 0.201. The fraction of sp³-hybridized carbons (Fsp3) is 0.250. The van der Waals surface area contributed by atoms with Gasteiger partial charge in [-0.15, -0.1) is 0 Å². The zero-order chi connectivity index (χ0) is 13.1. The molecule has 0 amide bonds. The lowest BCUT2D eigenvalue weighted by molar-refractivity contribution is 0.474. The van der Waals surface area contributed by atoms with Crippen LogP contribution in [0, 0.1) is 4.77 Å². The maximum absolute atomic E-state index is 9.77. The average Bonchev–Trinajstić information content (AvgIpc) is 2.71. The summed E-state index contributed by atoms with van der Waals surface area (Å²) < 4.78 is 2.03. The normalized spacial score (nSPS) is 11.8. The van der Waals surface area contributed by atoms with Crippen LogP contribution in [0.3, 0.4) is 0 Å². The van der Waals surface area contributed by atoms with Gasteiger partial charge in [0.25, 0.3) is 0 Å². The van der Waals surface area contributed by atoms with Crippen molar-refractivity contribution in [3.05, 3.63) is 40.4 Å². The van der Waals surface area contributed by atoms with Crippen LogP contribution in [0.4, 0.5) is 0 Å². The van der Waals surface area contributed by atoms with E-state index in [0.717, 1.165) is 12.2 Å². The molecule has 18 heavy (non-hydrogen) atoms. The molecule has 0 spiro atoms.